The summed E-state index contributed by atoms with van der Waals surface area (Å²) in [6.45, 7) is 0. The van der Waals surface area contributed by atoms with Gasteiger partial charge in [0.2, 0.25) is 5.95 Å². The van der Waals surface area contributed by atoms with Crippen LogP contribution in [0.25, 0.3) is 93.3 Å². The maximum absolute atomic E-state index is 9.47. The first-order chi connectivity index (χ1) is 32.8. The van der Waals surface area contributed by atoms with Crippen molar-refractivity contribution in [2.45, 2.75) is 0 Å². The van der Waals surface area contributed by atoms with E-state index in [-0.39, 0.29) is 31.6 Å². The zero-order valence-corrected chi connectivity index (χ0v) is 23.9. The lowest BCUT2D eigenvalue weighted by Crippen LogP contribution is -2.06. The number of hydrogen-bond acceptors (Lipinski definition) is 6. The smallest absolute Gasteiger partial charge is 0.238 e. The summed E-state index contributed by atoms with van der Waals surface area (Å²) in [5.74, 6) is -2.20. The zero-order chi connectivity index (χ0) is 50.9. The Hall–Kier alpha value is -6.18. The van der Waals surface area contributed by atoms with Gasteiger partial charge in [-0.15, -0.1) is 11.3 Å². The molecular formula is C40H23N5OS. The zero-order valence-electron chi connectivity index (χ0n) is 46.1. The topological polar surface area (TPSA) is 69.6 Å². The molecule has 0 atom stereocenters. The molecule has 0 fully saturated rings. The van der Waals surface area contributed by atoms with Gasteiger partial charge < -0.3 is 4.42 Å². The van der Waals surface area contributed by atoms with Crippen LogP contribution in [0.2, 0.25) is 0 Å². The van der Waals surface area contributed by atoms with Gasteiger partial charge in [-0.2, -0.15) is 9.97 Å². The second kappa shape index (κ2) is 10.2. The Kier molecular flexibility index (Phi) is 2.64. The summed E-state index contributed by atoms with van der Waals surface area (Å²) < 4.78 is 207. The number of nitrogens with zero attached hydrogens (tertiary/aromatic N) is 5. The van der Waals surface area contributed by atoms with E-state index in [9.17, 15) is 5.48 Å². The molecule has 6 aromatic carbocycles. The number of rotatable bonds is 4. The third kappa shape index (κ3) is 4.17. The lowest BCUT2D eigenvalue weighted by Gasteiger charge is -2.11. The van der Waals surface area contributed by atoms with Crippen LogP contribution in [-0.2, 0) is 0 Å². The number of hydrogen-bond donors (Lipinski definition) is 0. The van der Waals surface area contributed by atoms with E-state index in [1.54, 1.807) is 0 Å². The standard InChI is InChI=1S/C40H23N5OS/c1-2-10-24(11-3-1)39-41-31-21-19-26(23-36(31)47-39)38-42-37(25-18-20-30-29-14-6-9-17-34(29)46-35(30)22-25)43-40(44-38)45-32-15-7-4-12-27(32)28-13-5-8-16-33(28)45/h1-23H/i1D,2D,3D,4D,5D,6D,7D,8D,9D,10D,11D,12D,13D,14D,15D,16D,17D,18D,19D,20D,21D,22D,23D. The number of para-hydroxylation sites is 3. The third-order valence-corrected chi connectivity index (χ3v) is 8.06. The molecule has 10 rings (SSSR count). The first-order valence-corrected chi connectivity index (χ1v) is 14.3. The lowest BCUT2D eigenvalue weighted by molar-refractivity contribution is 0.669. The molecule has 0 bridgehead atoms. The van der Waals surface area contributed by atoms with E-state index < -0.39 is 201 Å². The number of thiazole rings is 1. The number of aromatic nitrogens is 5. The summed E-state index contributed by atoms with van der Waals surface area (Å²) in [6.07, 6.45) is 0. The minimum absolute atomic E-state index is 0.180. The van der Waals surface area contributed by atoms with Crippen molar-refractivity contribution in [1.82, 2.24) is 24.5 Å². The monoisotopic (exact) mass is 644 g/mol. The summed E-state index contributed by atoms with van der Waals surface area (Å²) in [4.78, 5) is 17.8. The number of benzene rings is 6. The Morgan fingerprint density at radius 1 is 0.511 bits per heavy atom. The first-order valence-electron chi connectivity index (χ1n) is 25.0. The Morgan fingerprint density at radius 2 is 1.13 bits per heavy atom. The predicted octanol–water partition coefficient (Wildman–Crippen LogP) is 10.5. The molecule has 10 aromatic rings. The van der Waals surface area contributed by atoms with E-state index >= 15 is 0 Å². The first kappa shape index (κ1) is 12.2. The summed E-state index contributed by atoms with van der Waals surface area (Å²) >= 11 is 0.625. The molecule has 4 aromatic heterocycles. The van der Waals surface area contributed by atoms with E-state index in [1.807, 2.05) is 0 Å². The number of furan rings is 1. The average Bonchev–Trinajstić information content (AvgIpc) is 4.06. The van der Waals surface area contributed by atoms with Crippen LogP contribution < -0.4 is 0 Å². The molecule has 0 unspecified atom stereocenters. The van der Waals surface area contributed by atoms with Crippen LogP contribution in [0, 0.1) is 0 Å². The van der Waals surface area contributed by atoms with Gasteiger partial charge in [-0.3, -0.25) is 4.57 Å². The van der Waals surface area contributed by atoms with Gasteiger partial charge in [0.1, 0.15) is 16.2 Å². The van der Waals surface area contributed by atoms with Crippen molar-refractivity contribution < 1.29 is 35.9 Å². The molecule has 7 heteroatoms. The molecule has 0 N–H and O–H groups in total. The molecule has 0 saturated heterocycles. The molecule has 47 heavy (non-hydrogen) atoms. The Balaban J connectivity index is 1.38. The van der Waals surface area contributed by atoms with Gasteiger partial charge in [0.25, 0.3) is 0 Å². The summed E-state index contributed by atoms with van der Waals surface area (Å²) in [5, 5.41) is -1.70. The highest BCUT2D eigenvalue weighted by molar-refractivity contribution is 7.21. The quantitative estimate of drug-likeness (QED) is 0.191. The summed E-state index contributed by atoms with van der Waals surface area (Å²) in [5.41, 5.74) is -3.87. The van der Waals surface area contributed by atoms with Gasteiger partial charge in [-0.25, -0.2) is 9.97 Å². The molecular weight excluding hydrogens is 599 g/mol. The van der Waals surface area contributed by atoms with Gasteiger partial charge in [0.05, 0.1) is 52.8 Å². The van der Waals surface area contributed by atoms with Crippen LogP contribution in [0.1, 0.15) is 31.5 Å². The van der Waals surface area contributed by atoms with Crippen LogP contribution in [0.5, 0.6) is 0 Å². The van der Waals surface area contributed by atoms with Crippen molar-refractivity contribution in [1.29, 1.82) is 0 Å². The van der Waals surface area contributed by atoms with Crippen LogP contribution in [0.3, 0.4) is 0 Å². The normalized spacial score (nSPS) is 18.7. The van der Waals surface area contributed by atoms with Crippen LogP contribution >= 0.6 is 11.3 Å². The number of fused-ring (bicyclic) bond motifs is 7. The highest BCUT2D eigenvalue weighted by Crippen LogP contribution is 2.36. The molecule has 6 nitrogen and oxygen atoms in total. The van der Waals surface area contributed by atoms with E-state index in [0.29, 0.717) is 11.3 Å². The van der Waals surface area contributed by atoms with Crippen molar-refractivity contribution in [3.05, 3.63) is 139 Å². The fraction of sp³-hybridized carbons (Fsp3) is 0. The largest absolute Gasteiger partial charge is 0.456 e. The predicted molar refractivity (Wildman–Crippen MR) is 191 cm³/mol. The van der Waals surface area contributed by atoms with Gasteiger partial charge in [-0.1, -0.05) is 90.6 Å². The Bertz CT molecular complexity index is 4020. The van der Waals surface area contributed by atoms with Crippen LogP contribution in [0.15, 0.2) is 143 Å². The SMILES string of the molecule is [2H]c1c([2H])c([2H])c(-c2nc3c([2H])c([2H])c(-c4nc(-c5c([2H])c([2H])c6c(oc7c([2H])c([2H])c([2H])c([2H])c76)c5[2H])nc(-n5c6c([2H])c([2H])c([2H])c([2H])c6c6c([2H])c([2H])c([2H])c([2H])c65)n4)c([2H])c3s2)c([2H])c1[2H]. The van der Waals surface area contributed by atoms with E-state index in [4.69, 9.17) is 30.5 Å². The second-order valence-electron chi connectivity index (χ2n) is 9.77. The second-order valence-corrected chi connectivity index (χ2v) is 10.8. The molecule has 0 spiro atoms. The van der Waals surface area contributed by atoms with Crippen molar-refractivity contribution in [3.63, 3.8) is 0 Å². The van der Waals surface area contributed by atoms with Gasteiger partial charge in [0, 0.05) is 38.2 Å². The maximum Gasteiger partial charge on any atom is 0.238 e. The highest BCUT2D eigenvalue weighted by atomic mass is 32.1. The van der Waals surface area contributed by atoms with Gasteiger partial charge >= 0.3 is 0 Å². The minimum atomic E-state index is -0.832. The van der Waals surface area contributed by atoms with Crippen molar-refractivity contribution in [2.24, 2.45) is 0 Å². The van der Waals surface area contributed by atoms with E-state index in [2.05, 4.69) is 19.9 Å². The van der Waals surface area contributed by atoms with Crippen molar-refractivity contribution in [3.8, 4) is 39.3 Å². The molecule has 220 valence electrons. The summed E-state index contributed by atoms with van der Waals surface area (Å²) in [6, 6.07) is -16.7. The van der Waals surface area contributed by atoms with E-state index in [1.165, 1.54) is 0 Å². The molecule has 0 saturated carbocycles. The lowest BCUT2D eigenvalue weighted by atomic mass is 10.1. The highest BCUT2D eigenvalue weighted by Gasteiger charge is 2.19. The third-order valence-electron chi connectivity index (χ3n) is 7.07. The average molecular weight is 645 g/mol. The van der Waals surface area contributed by atoms with Crippen LogP contribution in [-0.4, -0.2) is 24.5 Å². The minimum Gasteiger partial charge on any atom is -0.456 e. The fourth-order valence-electron chi connectivity index (χ4n) is 5.05. The van der Waals surface area contributed by atoms with Gasteiger partial charge in [0.15, 0.2) is 11.6 Å². The Labute approximate surface area is 304 Å². The van der Waals surface area contributed by atoms with Crippen LogP contribution in [0.4, 0.5) is 0 Å². The molecule has 0 amide bonds. The molecule has 0 aliphatic heterocycles. The van der Waals surface area contributed by atoms with Crippen molar-refractivity contribution in [2.75, 3.05) is 0 Å². The maximum atomic E-state index is 9.47. The van der Waals surface area contributed by atoms with E-state index in [0.717, 1.165) is 4.57 Å². The van der Waals surface area contributed by atoms with Gasteiger partial charge in [-0.05, 0) is 48.3 Å². The Morgan fingerprint density at radius 3 is 1.89 bits per heavy atom. The molecule has 4 heterocycles. The summed E-state index contributed by atoms with van der Waals surface area (Å²) in [7, 11) is 0. The fourth-order valence-corrected chi connectivity index (χ4v) is 5.93. The van der Waals surface area contributed by atoms with Crippen molar-refractivity contribution >= 4 is 65.3 Å². The molecule has 0 aliphatic rings. The molecule has 0 radical (unpaired) electrons. The molecule has 0 aliphatic carbocycles.